The molecule has 0 aliphatic carbocycles. The maximum Gasteiger partial charge on any atom is 0.421 e. The highest BCUT2D eigenvalue weighted by atomic mass is 31.2. The second kappa shape index (κ2) is 11.0. The number of rotatable bonds is 9. The van der Waals surface area contributed by atoms with Gasteiger partial charge in [-0.3, -0.25) is 9.36 Å². The van der Waals surface area contributed by atoms with Crippen LogP contribution in [0.25, 0.3) is 11.4 Å². The largest absolute Gasteiger partial charge is 0.421 e. The molecule has 5 rings (SSSR count). The molecule has 13 nitrogen and oxygen atoms in total. The van der Waals surface area contributed by atoms with Crippen molar-refractivity contribution in [3.05, 3.63) is 64.8 Å². The molecule has 4 aromatic rings. The van der Waals surface area contributed by atoms with Gasteiger partial charge in [0, 0.05) is 31.0 Å². The Kier molecular flexibility index (Phi) is 7.71. The summed E-state index contributed by atoms with van der Waals surface area (Å²) in [6.45, 7) is 3.57. The smallest absolute Gasteiger partial charge is 0.339 e. The molecule has 3 heterocycles. The predicted molar refractivity (Wildman–Crippen MR) is 150 cm³/mol. The molecule has 5 N–H and O–H groups in total. The molecule has 1 amide bonds. The number of aromatic amines is 1. The van der Waals surface area contributed by atoms with Crippen LogP contribution in [0.2, 0.25) is 0 Å². The van der Waals surface area contributed by atoms with Crippen LogP contribution in [0.4, 0.5) is 36.3 Å². The Morgan fingerprint density at radius 2 is 1.77 bits per heavy atom. The van der Waals surface area contributed by atoms with Crippen molar-refractivity contribution >= 4 is 36.6 Å². The zero-order chi connectivity index (χ0) is 31.2. The van der Waals surface area contributed by atoms with E-state index >= 15 is 0 Å². The molecule has 0 bridgehead atoms. The second-order valence-electron chi connectivity index (χ2n) is 9.97. The fourth-order valence-electron chi connectivity index (χ4n) is 5.25. The molecule has 0 saturated carbocycles. The lowest BCUT2D eigenvalue weighted by atomic mass is 9.92. The van der Waals surface area contributed by atoms with Gasteiger partial charge >= 0.3 is 13.8 Å². The molecule has 0 saturated heterocycles. The lowest BCUT2D eigenvalue weighted by molar-refractivity contribution is -0.137. The lowest BCUT2D eigenvalue weighted by Gasteiger charge is -2.33. The summed E-state index contributed by atoms with van der Waals surface area (Å²) in [6, 6.07) is 9.21. The Hall–Kier alpha value is -4.40. The first-order valence-corrected chi connectivity index (χ1v) is 14.7. The minimum absolute atomic E-state index is 0.101. The van der Waals surface area contributed by atoms with Gasteiger partial charge < -0.3 is 25.3 Å². The molecule has 1 aliphatic heterocycles. The number of benzene rings is 2. The highest BCUT2D eigenvalue weighted by Gasteiger charge is 2.45. The first-order chi connectivity index (χ1) is 20.3. The van der Waals surface area contributed by atoms with Crippen molar-refractivity contribution in [1.82, 2.24) is 35.5 Å². The normalized spacial score (nSPS) is 13.8. The van der Waals surface area contributed by atoms with Crippen molar-refractivity contribution in [2.24, 2.45) is 0 Å². The second-order valence-corrected chi connectivity index (χ2v) is 11.9. The van der Waals surface area contributed by atoms with Gasteiger partial charge in [0.15, 0.2) is 0 Å². The number of hydrogen-bond donors (Lipinski definition) is 5. The van der Waals surface area contributed by atoms with Crippen molar-refractivity contribution in [1.29, 1.82) is 0 Å². The van der Waals surface area contributed by atoms with Crippen molar-refractivity contribution in [2.75, 3.05) is 17.7 Å². The maximum absolute atomic E-state index is 14.0. The van der Waals surface area contributed by atoms with E-state index in [4.69, 9.17) is 0 Å². The average molecular weight is 618 g/mol. The van der Waals surface area contributed by atoms with Crippen LogP contribution >= 0.6 is 7.60 Å². The van der Waals surface area contributed by atoms with E-state index in [-0.39, 0.29) is 42.4 Å². The molecule has 0 radical (unpaired) electrons. The fourth-order valence-corrected chi connectivity index (χ4v) is 6.56. The Labute approximate surface area is 243 Å². The number of hydrogen-bond acceptors (Lipinski definition) is 9. The minimum atomic E-state index is -4.82. The van der Waals surface area contributed by atoms with Gasteiger partial charge in [-0.05, 0) is 53.4 Å². The molecular formula is C26H27F3N9O4P. The first kappa shape index (κ1) is 30.1. The third kappa shape index (κ3) is 5.44. The SMILES string of the molecule is CCC(CC)(c1ccc(Nc2ncc(C(F)(F)F)c(Nc3ccc(-c4nn[nH]n4)c4c3C(=O)N(C)C4)n2)cc1)P(=O)(O)O. The average Bonchev–Trinajstić information content (AvgIpc) is 3.58. The van der Waals surface area contributed by atoms with Gasteiger partial charge in [-0.25, -0.2) is 4.98 Å². The molecule has 0 atom stereocenters. The van der Waals surface area contributed by atoms with Crippen LogP contribution in [-0.2, 0) is 22.4 Å². The van der Waals surface area contributed by atoms with Crippen molar-refractivity contribution in [2.45, 2.75) is 44.6 Å². The molecule has 0 spiro atoms. The molecule has 17 heteroatoms. The van der Waals surface area contributed by atoms with Gasteiger partial charge in [0.25, 0.3) is 5.91 Å². The van der Waals surface area contributed by atoms with Crippen LogP contribution < -0.4 is 10.6 Å². The Morgan fingerprint density at radius 1 is 1.07 bits per heavy atom. The van der Waals surface area contributed by atoms with Crippen LogP contribution in [0.5, 0.6) is 0 Å². The van der Waals surface area contributed by atoms with Crippen LogP contribution in [-0.4, -0.2) is 58.2 Å². The molecule has 1 aliphatic rings. The topological polar surface area (TPSA) is 182 Å². The number of alkyl halides is 3. The summed E-state index contributed by atoms with van der Waals surface area (Å²) in [6.07, 6.45) is -3.78. The fraction of sp³-hybridized carbons (Fsp3) is 0.308. The number of carbonyl (C=O) groups excluding carboxylic acids is 1. The van der Waals surface area contributed by atoms with E-state index in [0.717, 1.165) is 0 Å². The molecular weight excluding hydrogens is 590 g/mol. The van der Waals surface area contributed by atoms with E-state index in [9.17, 15) is 32.3 Å². The first-order valence-electron chi connectivity index (χ1n) is 13.1. The van der Waals surface area contributed by atoms with Crippen LogP contribution in [0, 0.1) is 0 Å². The van der Waals surface area contributed by atoms with Gasteiger partial charge in [-0.15, -0.1) is 10.2 Å². The van der Waals surface area contributed by atoms with Gasteiger partial charge in [0.1, 0.15) is 11.4 Å². The zero-order valence-electron chi connectivity index (χ0n) is 23.1. The molecule has 0 fully saturated rings. The van der Waals surface area contributed by atoms with E-state index in [1.54, 1.807) is 39.1 Å². The molecule has 0 unspecified atom stereocenters. The third-order valence-electron chi connectivity index (χ3n) is 7.61. The standard InChI is InChI=1S/C26H27F3N9O4P/c1-4-25(5-2,43(40,41)42)14-6-8-15(9-7-14)31-24-30-12-18(26(27,28)29)22(33-24)32-19-11-10-16(21-34-36-37-35-21)17-13-38(3)23(39)20(17)19/h6-12H,4-5,13H2,1-3H3,(H2,40,41,42)(H2,30,31,32,33)(H,34,35,36,37). The predicted octanol–water partition coefficient (Wildman–Crippen LogP) is 4.94. The van der Waals surface area contributed by atoms with E-state index in [2.05, 4.69) is 41.2 Å². The van der Waals surface area contributed by atoms with Crippen molar-refractivity contribution in [3.63, 3.8) is 0 Å². The lowest BCUT2D eigenvalue weighted by Crippen LogP contribution is -2.24. The quantitative estimate of drug-likeness (QED) is 0.160. The van der Waals surface area contributed by atoms with Crippen molar-refractivity contribution in [3.8, 4) is 11.4 Å². The Morgan fingerprint density at radius 3 is 2.35 bits per heavy atom. The summed E-state index contributed by atoms with van der Waals surface area (Å²) >= 11 is 0. The van der Waals surface area contributed by atoms with E-state index in [0.29, 0.717) is 28.6 Å². The molecule has 226 valence electrons. The van der Waals surface area contributed by atoms with Crippen LogP contribution in [0.3, 0.4) is 0 Å². The number of nitrogens with one attached hydrogen (secondary N) is 3. The van der Waals surface area contributed by atoms with Crippen LogP contribution in [0.1, 0.15) is 53.7 Å². The number of tetrazole rings is 1. The summed E-state index contributed by atoms with van der Waals surface area (Å²) in [7, 11) is -2.94. The van der Waals surface area contributed by atoms with Gasteiger partial charge in [-0.2, -0.15) is 23.4 Å². The number of nitrogens with zero attached hydrogens (tertiary/aromatic N) is 6. The summed E-state index contributed by atoms with van der Waals surface area (Å²) in [5.41, 5.74) is 0.936. The van der Waals surface area contributed by atoms with Crippen LogP contribution in [0.15, 0.2) is 42.6 Å². The molecule has 2 aromatic heterocycles. The summed E-state index contributed by atoms with van der Waals surface area (Å²) < 4.78 is 54.3. The van der Waals surface area contributed by atoms with Gasteiger partial charge in [0.05, 0.1) is 16.4 Å². The minimum Gasteiger partial charge on any atom is -0.339 e. The number of H-pyrrole nitrogens is 1. The number of fused-ring (bicyclic) bond motifs is 1. The zero-order valence-corrected chi connectivity index (χ0v) is 24.0. The summed E-state index contributed by atoms with van der Waals surface area (Å²) in [4.78, 5) is 42.4. The third-order valence-corrected chi connectivity index (χ3v) is 9.61. The van der Waals surface area contributed by atoms with E-state index in [1.807, 2.05) is 0 Å². The summed E-state index contributed by atoms with van der Waals surface area (Å²) in [5, 5.41) is 17.9. The number of aromatic nitrogens is 6. The number of anilines is 4. The Bertz CT molecular complexity index is 1710. The highest BCUT2D eigenvalue weighted by Crippen LogP contribution is 2.61. The summed E-state index contributed by atoms with van der Waals surface area (Å²) in [5.74, 6) is -0.943. The molecule has 2 aromatic carbocycles. The van der Waals surface area contributed by atoms with E-state index in [1.165, 1.54) is 23.1 Å². The van der Waals surface area contributed by atoms with E-state index < -0.39 is 36.2 Å². The number of carbonyl (C=O) groups is 1. The highest BCUT2D eigenvalue weighted by molar-refractivity contribution is 7.53. The molecule has 43 heavy (non-hydrogen) atoms. The maximum atomic E-state index is 14.0. The van der Waals surface area contributed by atoms with Gasteiger partial charge in [0.2, 0.25) is 11.8 Å². The number of halogens is 3. The Balaban J connectivity index is 1.50. The number of amides is 1. The monoisotopic (exact) mass is 617 g/mol. The van der Waals surface area contributed by atoms with Crippen molar-refractivity contribution < 1.29 is 32.3 Å². The van der Waals surface area contributed by atoms with Gasteiger partial charge in [-0.1, -0.05) is 26.0 Å².